The molecule has 2 heteroatoms. The van der Waals surface area contributed by atoms with Gasteiger partial charge in [-0.3, -0.25) is 0 Å². The smallest absolute Gasteiger partial charge is 0.0386 e. The summed E-state index contributed by atoms with van der Waals surface area (Å²) >= 11 is 1.89. The van der Waals surface area contributed by atoms with Crippen molar-refractivity contribution in [3.63, 3.8) is 0 Å². The summed E-state index contributed by atoms with van der Waals surface area (Å²) in [5.74, 6) is 0. The number of aryl methyl sites for hydroxylation is 1. The Morgan fingerprint density at radius 1 is 1.46 bits per heavy atom. The third-order valence-corrected chi connectivity index (χ3v) is 3.35. The highest BCUT2D eigenvalue weighted by Gasteiger charge is 2.05. The average Bonchev–Trinajstić information content (AvgIpc) is 2.52. The van der Waals surface area contributed by atoms with Gasteiger partial charge in [0.05, 0.1) is 0 Å². The van der Waals surface area contributed by atoms with E-state index in [0.717, 1.165) is 6.54 Å². The number of unbranched alkanes of at least 4 members (excludes halogenated alkanes) is 1. The molecule has 0 saturated heterocycles. The molecule has 0 amide bonds. The molecule has 1 unspecified atom stereocenters. The molecule has 1 rings (SSSR count). The average molecular weight is 197 g/mol. The van der Waals surface area contributed by atoms with Crippen molar-refractivity contribution in [3.8, 4) is 0 Å². The summed E-state index contributed by atoms with van der Waals surface area (Å²) in [4.78, 5) is 2.85. The first kappa shape index (κ1) is 10.7. The molecule has 0 radical (unpaired) electrons. The van der Waals surface area contributed by atoms with Crippen molar-refractivity contribution >= 4 is 11.3 Å². The summed E-state index contributed by atoms with van der Waals surface area (Å²) in [7, 11) is 0. The number of hydrogen-bond acceptors (Lipinski definition) is 2. The Morgan fingerprint density at radius 2 is 2.23 bits per heavy atom. The minimum absolute atomic E-state index is 0.519. The van der Waals surface area contributed by atoms with E-state index in [1.165, 1.54) is 22.6 Å². The zero-order valence-corrected chi connectivity index (χ0v) is 9.58. The summed E-state index contributed by atoms with van der Waals surface area (Å²) in [6, 6.07) is 4.94. The summed E-state index contributed by atoms with van der Waals surface area (Å²) in [6.45, 7) is 7.75. The van der Waals surface area contributed by atoms with Gasteiger partial charge >= 0.3 is 0 Å². The molecule has 0 aliphatic carbocycles. The molecular weight excluding hydrogens is 178 g/mol. The van der Waals surface area contributed by atoms with Gasteiger partial charge in [-0.2, -0.15) is 0 Å². The van der Waals surface area contributed by atoms with Gasteiger partial charge < -0.3 is 5.32 Å². The summed E-state index contributed by atoms with van der Waals surface area (Å²) < 4.78 is 0. The minimum atomic E-state index is 0.519. The molecule has 1 aromatic rings. The molecule has 1 heterocycles. The summed E-state index contributed by atoms with van der Waals surface area (Å²) in [5.41, 5.74) is 0. The van der Waals surface area contributed by atoms with E-state index in [-0.39, 0.29) is 0 Å². The Hall–Kier alpha value is -0.340. The fourth-order valence-corrected chi connectivity index (χ4v) is 2.19. The molecule has 0 spiro atoms. The Balaban J connectivity index is 2.35. The van der Waals surface area contributed by atoms with Gasteiger partial charge in [-0.15, -0.1) is 11.3 Å². The van der Waals surface area contributed by atoms with E-state index < -0.39 is 0 Å². The predicted molar refractivity (Wildman–Crippen MR) is 60.4 cm³/mol. The van der Waals surface area contributed by atoms with E-state index in [2.05, 4.69) is 38.2 Å². The zero-order chi connectivity index (χ0) is 9.68. The van der Waals surface area contributed by atoms with Crippen LogP contribution in [0.4, 0.5) is 0 Å². The van der Waals surface area contributed by atoms with E-state index in [1.807, 2.05) is 11.3 Å². The van der Waals surface area contributed by atoms with Crippen molar-refractivity contribution in [2.24, 2.45) is 0 Å². The molecule has 0 saturated carbocycles. The van der Waals surface area contributed by atoms with E-state index >= 15 is 0 Å². The van der Waals surface area contributed by atoms with Crippen LogP contribution < -0.4 is 5.32 Å². The number of hydrogen-bond donors (Lipinski definition) is 1. The van der Waals surface area contributed by atoms with Gasteiger partial charge in [-0.05, 0) is 38.9 Å². The summed E-state index contributed by atoms with van der Waals surface area (Å²) in [5, 5.41) is 3.52. The third-order valence-electron chi connectivity index (χ3n) is 2.17. The Morgan fingerprint density at radius 3 is 2.77 bits per heavy atom. The highest BCUT2D eigenvalue weighted by atomic mass is 32.1. The lowest BCUT2D eigenvalue weighted by atomic mass is 10.2. The monoisotopic (exact) mass is 197 g/mol. The van der Waals surface area contributed by atoms with E-state index in [1.54, 1.807) is 0 Å². The van der Waals surface area contributed by atoms with E-state index in [4.69, 9.17) is 0 Å². The molecule has 0 aliphatic rings. The van der Waals surface area contributed by atoms with Gasteiger partial charge in [0.1, 0.15) is 0 Å². The summed E-state index contributed by atoms with van der Waals surface area (Å²) in [6.07, 6.45) is 2.54. The van der Waals surface area contributed by atoms with Crippen molar-refractivity contribution < 1.29 is 0 Å². The van der Waals surface area contributed by atoms with Gasteiger partial charge in [0.2, 0.25) is 0 Å². The van der Waals surface area contributed by atoms with Crippen LogP contribution in [-0.2, 0) is 0 Å². The van der Waals surface area contributed by atoms with Crippen molar-refractivity contribution in [1.82, 2.24) is 5.32 Å². The molecule has 0 fully saturated rings. The highest BCUT2D eigenvalue weighted by Crippen LogP contribution is 2.21. The second kappa shape index (κ2) is 5.40. The molecule has 1 N–H and O–H groups in total. The molecule has 13 heavy (non-hydrogen) atoms. The molecule has 1 aromatic heterocycles. The lowest BCUT2D eigenvalue weighted by Crippen LogP contribution is -2.18. The number of rotatable bonds is 5. The molecule has 0 aliphatic heterocycles. The number of nitrogens with one attached hydrogen (secondary N) is 1. The number of thiophene rings is 1. The Kier molecular flexibility index (Phi) is 4.46. The van der Waals surface area contributed by atoms with Crippen molar-refractivity contribution in [2.75, 3.05) is 6.54 Å². The van der Waals surface area contributed by atoms with Crippen LogP contribution in [0.3, 0.4) is 0 Å². The van der Waals surface area contributed by atoms with Crippen LogP contribution in [0.15, 0.2) is 12.1 Å². The van der Waals surface area contributed by atoms with Gasteiger partial charge in [0.15, 0.2) is 0 Å². The van der Waals surface area contributed by atoms with Crippen LogP contribution in [0.5, 0.6) is 0 Å². The van der Waals surface area contributed by atoms with E-state index in [0.29, 0.717) is 6.04 Å². The van der Waals surface area contributed by atoms with Crippen LogP contribution in [0.25, 0.3) is 0 Å². The molecule has 74 valence electrons. The minimum Gasteiger partial charge on any atom is -0.309 e. The first-order chi connectivity index (χ1) is 6.24. The SMILES string of the molecule is CCCCNC(C)c1ccc(C)s1. The maximum Gasteiger partial charge on any atom is 0.0386 e. The van der Waals surface area contributed by atoms with Gasteiger partial charge in [0, 0.05) is 15.8 Å². The fraction of sp³-hybridized carbons (Fsp3) is 0.636. The Bertz CT molecular complexity index is 242. The van der Waals surface area contributed by atoms with Crippen molar-refractivity contribution in [2.45, 2.75) is 39.7 Å². The largest absolute Gasteiger partial charge is 0.309 e. The van der Waals surface area contributed by atoms with Crippen molar-refractivity contribution in [3.05, 3.63) is 21.9 Å². The topological polar surface area (TPSA) is 12.0 Å². The van der Waals surface area contributed by atoms with Crippen LogP contribution in [0, 0.1) is 6.92 Å². The van der Waals surface area contributed by atoms with Crippen LogP contribution in [0.1, 0.15) is 42.5 Å². The lowest BCUT2D eigenvalue weighted by molar-refractivity contribution is 0.561. The van der Waals surface area contributed by atoms with Crippen LogP contribution in [0.2, 0.25) is 0 Å². The molecule has 1 atom stereocenters. The van der Waals surface area contributed by atoms with Crippen LogP contribution in [-0.4, -0.2) is 6.54 Å². The normalized spacial score (nSPS) is 13.2. The zero-order valence-electron chi connectivity index (χ0n) is 8.76. The predicted octanol–water partition coefficient (Wildman–Crippen LogP) is 3.51. The van der Waals surface area contributed by atoms with Gasteiger partial charge in [-0.25, -0.2) is 0 Å². The van der Waals surface area contributed by atoms with Crippen LogP contribution >= 0.6 is 11.3 Å². The van der Waals surface area contributed by atoms with Gasteiger partial charge in [-0.1, -0.05) is 13.3 Å². The first-order valence-electron chi connectivity index (χ1n) is 5.03. The standard InChI is InChI=1S/C11H19NS/c1-4-5-8-12-10(3)11-7-6-9(2)13-11/h6-7,10,12H,4-5,8H2,1-3H3. The van der Waals surface area contributed by atoms with Gasteiger partial charge in [0.25, 0.3) is 0 Å². The third kappa shape index (κ3) is 3.49. The molecular formula is C11H19NS. The molecule has 1 nitrogen and oxygen atoms in total. The fourth-order valence-electron chi connectivity index (χ4n) is 1.28. The highest BCUT2D eigenvalue weighted by molar-refractivity contribution is 7.12. The quantitative estimate of drug-likeness (QED) is 0.712. The first-order valence-corrected chi connectivity index (χ1v) is 5.85. The van der Waals surface area contributed by atoms with E-state index in [9.17, 15) is 0 Å². The maximum atomic E-state index is 3.52. The molecule has 0 bridgehead atoms. The second-order valence-corrected chi connectivity index (χ2v) is 4.80. The Labute approximate surface area is 85.2 Å². The second-order valence-electron chi connectivity index (χ2n) is 3.48. The lowest BCUT2D eigenvalue weighted by Gasteiger charge is -2.10. The van der Waals surface area contributed by atoms with Crippen molar-refractivity contribution in [1.29, 1.82) is 0 Å². The molecule has 0 aromatic carbocycles. The maximum absolute atomic E-state index is 3.52.